The molecule has 0 radical (unpaired) electrons. The molecule has 0 unspecified atom stereocenters. The first-order valence-electron chi connectivity index (χ1n) is 16.9. The van der Waals surface area contributed by atoms with Gasteiger partial charge in [-0.15, -0.1) is 0 Å². The molecule has 2 N–H and O–H groups in total. The van der Waals surface area contributed by atoms with Crippen molar-refractivity contribution < 1.29 is 19.8 Å². The van der Waals surface area contributed by atoms with Crippen LogP contribution in [-0.4, -0.2) is 38.0 Å². The molecule has 11 rings (SSSR count). The maximum atomic E-state index is 11.7. The Morgan fingerprint density at radius 1 is 0.471 bits per heavy atom. The van der Waals surface area contributed by atoms with E-state index in [1.54, 1.807) is 24.3 Å². The molecule has 9 aromatic rings. The highest BCUT2D eigenvalue weighted by Gasteiger charge is 2.41. The van der Waals surface area contributed by atoms with E-state index in [1.165, 1.54) is 16.4 Å². The minimum Gasteiger partial charge on any atom is -0.478 e. The summed E-state index contributed by atoms with van der Waals surface area (Å²) in [5.41, 5.74) is 15.2. The molecule has 7 aromatic carbocycles. The topological polar surface area (TPSA) is 84.5 Å². The van der Waals surface area contributed by atoms with Crippen LogP contribution in [0.3, 0.4) is 0 Å². The molecule has 7 heteroatoms. The number of hydrogen-bond donors (Lipinski definition) is 2. The van der Waals surface area contributed by atoms with Gasteiger partial charge in [-0.2, -0.15) is 0 Å². The van der Waals surface area contributed by atoms with Gasteiger partial charge in [-0.25, -0.2) is 9.59 Å². The van der Waals surface area contributed by atoms with Crippen molar-refractivity contribution in [2.45, 2.75) is 0 Å². The van der Waals surface area contributed by atoms with E-state index in [2.05, 4.69) is 100 Å². The van der Waals surface area contributed by atoms with Crippen molar-refractivity contribution in [1.82, 2.24) is 9.13 Å². The number of para-hydroxylation sites is 2. The van der Waals surface area contributed by atoms with Crippen LogP contribution in [0.25, 0.3) is 77.2 Å². The Morgan fingerprint density at radius 2 is 0.902 bits per heavy atom. The smallest absolute Gasteiger partial charge is 0.335 e. The second-order valence-electron chi connectivity index (χ2n) is 13.5. The van der Waals surface area contributed by atoms with Crippen LogP contribution in [0.15, 0.2) is 140 Å². The van der Waals surface area contributed by atoms with Crippen molar-refractivity contribution >= 4 is 78.7 Å². The molecule has 4 heterocycles. The lowest BCUT2D eigenvalue weighted by Crippen LogP contribution is -2.59. The fourth-order valence-electron chi connectivity index (χ4n) is 8.98. The lowest BCUT2D eigenvalue weighted by molar-refractivity contribution is 0.0686. The first-order valence-corrected chi connectivity index (χ1v) is 16.9. The van der Waals surface area contributed by atoms with Crippen molar-refractivity contribution in [3.8, 4) is 33.6 Å². The zero-order chi connectivity index (χ0) is 34.1. The van der Waals surface area contributed by atoms with E-state index in [1.807, 2.05) is 24.3 Å². The molecule has 0 saturated heterocycles. The normalized spacial score (nSPS) is 12.6. The van der Waals surface area contributed by atoms with E-state index in [-0.39, 0.29) is 17.8 Å². The highest BCUT2D eigenvalue weighted by Crippen LogP contribution is 2.43. The number of carboxylic acids is 2. The summed E-state index contributed by atoms with van der Waals surface area (Å²) in [4.78, 5) is 23.4. The zero-order valence-corrected chi connectivity index (χ0v) is 27.0. The van der Waals surface area contributed by atoms with Gasteiger partial charge in [-0.3, -0.25) is 0 Å². The Kier molecular flexibility index (Phi) is 5.42. The summed E-state index contributed by atoms with van der Waals surface area (Å²) in [6, 6.07) is 47.1. The summed E-state index contributed by atoms with van der Waals surface area (Å²) >= 11 is 0. The molecule has 51 heavy (non-hydrogen) atoms. The number of aromatic carboxylic acids is 2. The Labute approximate surface area is 291 Å². The largest absolute Gasteiger partial charge is 0.478 e. The van der Waals surface area contributed by atoms with Gasteiger partial charge < -0.3 is 19.3 Å². The van der Waals surface area contributed by atoms with Crippen molar-refractivity contribution in [3.05, 3.63) is 151 Å². The fourth-order valence-corrected chi connectivity index (χ4v) is 8.98. The molecule has 6 nitrogen and oxygen atoms in total. The maximum Gasteiger partial charge on any atom is 0.335 e. The highest BCUT2D eigenvalue weighted by molar-refractivity contribution is 7.00. The van der Waals surface area contributed by atoms with Crippen LogP contribution < -0.4 is 16.4 Å². The van der Waals surface area contributed by atoms with E-state index in [0.717, 1.165) is 77.2 Å². The van der Waals surface area contributed by atoms with E-state index in [0.29, 0.717) is 0 Å². The number of benzene rings is 7. The number of aromatic nitrogens is 2. The molecule has 0 saturated carbocycles. The van der Waals surface area contributed by atoms with Gasteiger partial charge in [0.25, 0.3) is 6.71 Å². The van der Waals surface area contributed by atoms with Gasteiger partial charge in [0.05, 0.1) is 22.2 Å². The molecular weight excluding hydrogens is 631 g/mol. The van der Waals surface area contributed by atoms with Crippen LogP contribution in [0.2, 0.25) is 0 Å². The van der Waals surface area contributed by atoms with E-state index >= 15 is 0 Å². The Balaban J connectivity index is 1.26. The molecule has 2 aromatic heterocycles. The molecule has 0 fully saturated rings. The quantitative estimate of drug-likeness (QED) is 0.190. The van der Waals surface area contributed by atoms with Crippen LogP contribution in [0.4, 0.5) is 0 Å². The minimum absolute atomic E-state index is 0.0401. The SMILES string of the molecule is O=C(O)c1ccc(-c2ccc3c4c2c2ccccc2n4-c2cccc4c2B3c2ccc(-c3ccc(C(=O)O)cc3)c3c5ccccc5n-4c23)cc1. The second kappa shape index (κ2) is 9.86. The number of fused-ring (bicyclic) bond motifs is 10. The molecule has 0 aliphatic carbocycles. The van der Waals surface area contributed by atoms with Gasteiger partial charge in [0.15, 0.2) is 0 Å². The van der Waals surface area contributed by atoms with Crippen LogP contribution in [0, 0.1) is 0 Å². The van der Waals surface area contributed by atoms with Gasteiger partial charge in [0, 0.05) is 44.0 Å². The van der Waals surface area contributed by atoms with Crippen LogP contribution in [0.1, 0.15) is 20.7 Å². The molecule has 0 amide bonds. The van der Waals surface area contributed by atoms with Crippen molar-refractivity contribution in [3.63, 3.8) is 0 Å². The van der Waals surface area contributed by atoms with Gasteiger partial charge in [0.2, 0.25) is 0 Å². The van der Waals surface area contributed by atoms with Crippen LogP contribution in [-0.2, 0) is 0 Å². The molecule has 0 atom stereocenters. The third-order valence-electron chi connectivity index (χ3n) is 11.0. The number of nitrogens with zero attached hydrogens (tertiary/aromatic N) is 2. The fraction of sp³-hybridized carbons (Fsp3) is 0. The van der Waals surface area contributed by atoms with Crippen molar-refractivity contribution in [2.24, 2.45) is 0 Å². The molecule has 2 aliphatic rings. The minimum atomic E-state index is -0.940. The highest BCUT2D eigenvalue weighted by atomic mass is 16.4. The molecule has 0 bridgehead atoms. The average molecular weight is 657 g/mol. The van der Waals surface area contributed by atoms with E-state index in [4.69, 9.17) is 0 Å². The average Bonchev–Trinajstić information content (AvgIpc) is 3.70. The Bertz CT molecular complexity index is 2820. The predicted molar refractivity (Wildman–Crippen MR) is 205 cm³/mol. The molecular formula is C44H25BN2O4. The van der Waals surface area contributed by atoms with Crippen LogP contribution >= 0.6 is 0 Å². The summed E-state index contributed by atoms with van der Waals surface area (Å²) < 4.78 is 4.85. The number of carboxylic acid groups (broad SMARTS) is 2. The van der Waals surface area contributed by atoms with Crippen molar-refractivity contribution in [2.75, 3.05) is 0 Å². The first kappa shape index (κ1) is 28.0. The monoisotopic (exact) mass is 656 g/mol. The van der Waals surface area contributed by atoms with Gasteiger partial charge >= 0.3 is 11.9 Å². The summed E-state index contributed by atoms with van der Waals surface area (Å²) in [5.74, 6) is -1.88. The summed E-state index contributed by atoms with van der Waals surface area (Å²) in [5, 5.41) is 23.8. The third kappa shape index (κ3) is 3.56. The Morgan fingerprint density at radius 3 is 1.33 bits per heavy atom. The van der Waals surface area contributed by atoms with Gasteiger partial charge in [-0.05, 0) is 87.2 Å². The standard InChI is InChI=1S/C44H25BN2O4/c48-43(49)26-16-12-24(13-17-26)28-20-22-32-41-38(28)30-6-1-3-8-34(30)46(41)36-10-5-11-37-40(36)45(32)33-23-21-29(25-14-18-27(19-15-25)44(50)51)39-31-7-2-4-9-35(31)47(37)42(33)39/h1-23H,(H,48,49)(H,50,51). The lowest BCUT2D eigenvalue weighted by atomic mass is 9.34. The van der Waals surface area contributed by atoms with Gasteiger partial charge in [0.1, 0.15) is 0 Å². The first-order chi connectivity index (χ1) is 25.0. The van der Waals surface area contributed by atoms with E-state index in [9.17, 15) is 19.8 Å². The molecule has 0 spiro atoms. The predicted octanol–water partition coefficient (Wildman–Crippen LogP) is 7.75. The molecule has 238 valence electrons. The number of rotatable bonds is 4. The second-order valence-corrected chi connectivity index (χ2v) is 13.5. The lowest BCUT2D eigenvalue weighted by Gasteiger charge is -2.34. The summed E-state index contributed by atoms with van der Waals surface area (Å²) in [6.07, 6.45) is 0. The van der Waals surface area contributed by atoms with Gasteiger partial charge in [-0.1, -0.05) is 91.0 Å². The Hall–Kier alpha value is -6.86. The number of carbonyl (C=O) groups is 2. The van der Waals surface area contributed by atoms with E-state index < -0.39 is 11.9 Å². The third-order valence-corrected chi connectivity index (χ3v) is 11.0. The summed E-state index contributed by atoms with van der Waals surface area (Å²) in [6.45, 7) is -0.0401. The number of hydrogen-bond acceptors (Lipinski definition) is 2. The summed E-state index contributed by atoms with van der Waals surface area (Å²) in [7, 11) is 0. The van der Waals surface area contributed by atoms with Crippen LogP contribution in [0.5, 0.6) is 0 Å². The van der Waals surface area contributed by atoms with Crippen molar-refractivity contribution in [1.29, 1.82) is 0 Å². The molecule has 2 aliphatic heterocycles. The maximum absolute atomic E-state index is 11.7. The zero-order valence-electron chi connectivity index (χ0n) is 27.0.